The van der Waals surface area contributed by atoms with E-state index < -0.39 is 4.92 Å². The first-order valence-electron chi connectivity index (χ1n) is 7.57. The van der Waals surface area contributed by atoms with Crippen LogP contribution in [0, 0.1) is 10.1 Å². The van der Waals surface area contributed by atoms with E-state index in [9.17, 15) is 14.9 Å². The Hall–Kier alpha value is -1.57. The molecule has 1 aliphatic rings. The first kappa shape index (κ1) is 20.5. The summed E-state index contributed by atoms with van der Waals surface area (Å²) in [6.45, 7) is 3.08. The van der Waals surface area contributed by atoms with E-state index >= 15 is 0 Å². The van der Waals surface area contributed by atoms with Gasteiger partial charge in [-0.3, -0.25) is 14.9 Å². The smallest absolute Gasteiger partial charge is 0.312 e. The SMILES string of the molecule is CC1NCCCC1NC(=O)CCOc1ccc(Cl)cc1[N+](=O)[O-].Cl. The van der Waals surface area contributed by atoms with E-state index in [0.29, 0.717) is 0 Å². The Balaban J connectivity index is 0.00000288. The van der Waals surface area contributed by atoms with E-state index in [-0.39, 0.29) is 59.9 Å². The van der Waals surface area contributed by atoms with Gasteiger partial charge in [-0.15, -0.1) is 12.4 Å². The molecule has 0 aromatic heterocycles. The molecule has 1 amide bonds. The van der Waals surface area contributed by atoms with Crippen molar-refractivity contribution in [2.75, 3.05) is 13.2 Å². The van der Waals surface area contributed by atoms with Gasteiger partial charge in [-0.2, -0.15) is 0 Å². The molecular formula is C15H21Cl2N3O4. The lowest BCUT2D eigenvalue weighted by molar-refractivity contribution is -0.385. The van der Waals surface area contributed by atoms with Gasteiger partial charge in [0.05, 0.1) is 18.0 Å². The minimum atomic E-state index is -0.559. The van der Waals surface area contributed by atoms with Crippen molar-refractivity contribution in [2.45, 2.75) is 38.3 Å². The summed E-state index contributed by atoms with van der Waals surface area (Å²) >= 11 is 5.74. The van der Waals surface area contributed by atoms with Gasteiger partial charge in [0.2, 0.25) is 5.91 Å². The number of piperidine rings is 1. The Bertz CT molecular complexity index is 586. The number of nitro benzene ring substituents is 1. The molecule has 9 heteroatoms. The summed E-state index contributed by atoms with van der Waals surface area (Å²) in [7, 11) is 0. The van der Waals surface area contributed by atoms with Gasteiger partial charge in [0.15, 0.2) is 5.75 Å². The van der Waals surface area contributed by atoms with Crippen molar-refractivity contribution in [3.8, 4) is 5.75 Å². The fourth-order valence-electron chi connectivity index (χ4n) is 2.53. The van der Waals surface area contributed by atoms with Gasteiger partial charge in [-0.05, 0) is 38.4 Å². The summed E-state index contributed by atoms with van der Waals surface area (Å²) < 4.78 is 5.36. The van der Waals surface area contributed by atoms with Gasteiger partial charge in [0, 0.05) is 23.2 Å². The van der Waals surface area contributed by atoms with Gasteiger partial charge in [-0.25, -0.2) is 0 Å². The van der Waals surface area contributed by atoms with Crippen LogP contribution < -0.4 is 15.4 Å². The molecule has 1 aromatic carbocycles. The second kappa shape index (κ2) is 9.66. The molecule has 0 aliphatic carbocycles. The maximum absolute atomic E-state index is 11.9. The predicted molar refractivity (Wildman–Crippen MR) is 94.1 cm³/mol. The normalized spacial score (nSPS) is 19.9. The molecular weight excluding hydrogens is 357 g/mol. The molecule has 0 radical (unpaired) electrons. The Morgan fingerprint density at radius 1 is 1.54 bits per heavy atom. The number of nitrogens with zero attached hydrogens (tertiary/aromatic N) is 1. The standard InChI is InChI=1S/C15H20ClN3O4.ClH/c1-10-12(3-2-7-17-10)18-15(20)6-8-23-14-5-4-11(16)9-13(14)19(21)22;/h4-5,9-10,12,17H,2-3,6-8H2,1H3,(H,18,20);1H. The molecule has 2 unspecified atom stereocenters. The Morgan fingerprint density at radius 2 is 2.29 bits per heavy atom. The topological polar surface area (TPSA) is 93.5 Å². The Morgan fingerprint density at radius 3 is 2.96 bits per heavy atom. The predicted octanol–water partition coefficient (Wildman–Crippen LogP) is 2.70. The number of carbonyl (C=O) groups excluding carboxylic acids is 1. The highest BCUT2D eigenvalue weighted by molar-refractivity contribution is 6.30. The number of benzene rings is 1. The Labute approximate surface area is 151 Å². The molecule has 1 aromatic rings. The maximum Gasteiger partial charge on any atom is 0.312 e. The van der Waals surface area contributed by atoms with Crippen molar-refractivity contribution in [1.29, 1.82) is 0 Å². The summed E-state index contributed by atoms with van der Waals surface area (Å²) in [6.07, 6.45) is 2.12. The van der Waals surface area contributed by atoms with Crippen molar-refractivity contribution >= 4 is 35.6 Å². The summed E-state index contributed by atoms with van der Waals surface area (Å²) in [5.74, 6) is -0.0120. The highest BCUT2D eigenvalue weighted by Crippen LogP contribution is 2.29. The third-order valence-corrected chi connectivity index (χ3v) is 4.05. The molecule has 1 heterocycles. The van der Waals surface area contributed by atoms with E-state index in [1.54, 1.807) is 0 Å². The average molecular weight is 378 g/mol. The van der Waals surface area contributed by atoms with Crippen molar-refractivity contribution in [3.05, 3.63) is 33.3 Å². The number of carbonyl (C=O) groups is 1. The molecule has 2 N–H and O–H groups in total. The quantitative estimate of drug-likeness (QED) is 0.587. The number of rotatable bonds is 6. The van der Waals surface area contributed by atoms with Crippen LogP contribution in [0.4, 0.5) is 5.69 Å². The fraction of sp³-hybridized carbons (Fsp3) is 0.533. The molecule has 1 aliphatic heterocycles. The van der Waals surface area contributed by atoms with E-state index in [4.69, 9.17) is 16.3 Å². The van der Waals surface area contributed by atoms with Gasteiger partial charge in [0.1, 0.15) is 0 Å². The number of halogens is 2. The number of hydrogen-bond donors (Lipinski definition) is 2. The first-order valence-corrected chi connectivity index (χ1v) is 7.94. The van der Waals surface area contributed by atoms with E-state index in [1.807, 2.05) is 6.92 Å². The zero-order valence-corrected chi connectivity index (χ0v) is 14.9. The first-order chi connectivity index (χ1) is 11.0. The lowest BCUT2D eigenvalue weighted by Crippen LogP contribution is -2.52. The molecule has 0 saturated carbocycles. The number of amides is 1. The molecule has 24 heavy (non-hydrogen) atoms. The zero-order valence-electron chi connectivity index (χ0n) is 13.3. The van der Waals surface area contributed by atoms with Crippen LogP contribution in [0.15, 0.2) is 18.2 Å². The second-order valence-electron chi connectivity index (χ2n) is 5.53. The van der Waals surface area contributed by atoms with E-state index in [1.165, 1.54) is 18.2 Å². The van der Waals surface area contributed by atoms with Crippen LogP contribution in [0.5, 0.6) is 5.75 Å². The molecule has 0 bridgehead atoms. The molecule has 1 saturated heterocycles. The van der Waals surface area contributed by atoms with E-state index in [2.05, 4.69) is 10.6 Å². The van der Waals surface area contributed by atoms with Crippen LogP contribution in [0.1, 0.15) is 26.2 Å². The minimum Gasteiger partial charge on any atom is -0.486 e. The molecule has 7 nitrogen and oxygen atoms in total. The van der Waals surface area contributed by atoms with Crippen LogP contribution in [0.2, 0.25) is 5.02 Å². The highest BCUT2D eigenvalue weighted by atomic mass is 35.5. The third kappa shape index (κ3) is 5.81. The number of nitro groups is 1. The Kier molecular flexibility index (Phi) is 8.24. The number of hydrogen-bond acceptors (Lipinski definition) is 5. The summed E-state index contributed by atoms with van der Waals surface area (Å²) in [4.78, 5) is 22.3. The van der Waals surface area contributed by atoms with Gasteiger partial charge in [-0.1, -0.05) is 11.6 Å². The van der Waals surface area contributed by atoms with Gasteiger partial charge in [0.25, 0.3) is 0 Å². The molecule has 2 rings (SSSR count). The number of nitrogens with one attached hydrogen (secondary N) is 2. The minimum absolute atomic E-state index is 0. The molecule has 0 spiro atoms. The largest absolute Gasteiger partial charge is 0.486 e. The fourth-order valence-corrected chi connectivity index (χ4v) is 2.70. The number of ether oxygens (including phenoxy) is 1. The van der Waals surface area contributed by atoms with Crippen LogP contribution in [0.3, 0.4) is 0 Å². The van der Waals surface area contributed by atoms with Crippen LogP contribution in [-0.4, -0.2) is 36.1 Å². The van der Waals surface area contributed by atoms with Gasteiger partial charge >= 0.3 is 5.69 Å². The summed E-state index contributed by atoms with van der Waals surface area (Å²) in [6, 6.07) is 4.53. The highest BCUT2D eigenvalue weighted by Gasteiger charge is 2.22. The van der Waals surface area contributed by atoms with Crippen molar-refractivity contribution < 1.29 is 14.5 Å². The van der Waals surface area contributed by atoms with E-state index in [0.717, 1.165) is 19.4 Å². The lowest BCUT2D eigenvalue weighted by atomic mass is 10.00. The van der Waals surface area contributed by atoms with Crippen molar-refractivity contribution in [1.82, 2.24) is 10.6 Å². The second-order valence-corrected chi connectivity index (χ2v) is 5.96. The van der Waals surface area contributed by atoms with Crippen LogP contribution >= 0.6 is 24.0 Å². The summed E-state index contributed by atoms with van der Waals surface area (Å²) in [5.41, 5.74) is -0.206. The van der Waals surface area contributed by atoms with Crippen molar-refractivity contribution in [2.24, 2.45) is 0 Å². The van der Waals surface area contributed by atoms with Crippen molar-refractivity contribution in [3.63, 3.8) is 0 Å². The van der Waals surface area contributed by atoms with Gasteiger partial charge < -0.3 is 15.4 Å². The lowest BCUT2D eigenvalue weighted by Gasteiger charge is -2.30. The summed E-state index contributed by atoms with van der Waals surface area (Å²) in [5, 5.41) is 17.5. The van der Waals surface area contributed by atoms with Crippen LogP contribution in [0.25, 0.3) is 0 Å². The molecule has 2 atom stereocenters. The average Bonchev–Trinajstić information content (AvgIpc) is 2.51. The third-order valence-electron chi connectivity index (χ3n) is 3.81. The zero-order chi connectivity index (χ0) is 16.8. The van der Waals surface area contributed by atoms with Crippen LogP contribution in [-0.2, 0) is 4.79 Å². The monoisotopic (exact) mass is 377 g/mol. The maximum atomic E-state index is 11.9. The molecule has 1 fully saturated rings. The molecule has 134 valence electrons.